The van der Waals surface area contributed by atoms with Crippen molar-refractivity contribution in [1.29, 1.82) is 0 Å². The van der Waals surface area contributed by atoms with Gasteiger partial charge in [0.1, 0.15) is 4.60 Å². The van der Waals surface area contributed by atoms with E-state index >= 15 is 0 Å². The number of hydrogen-bond donors (Lipinski definition) is 1. The van der Waals surface area contributed by atoms with Crippen molar-refractivity contribution >= 4 is 27.5 Å². The first-order valence-corrected chi connectivity index (χ1v) is 6.92. The maximum absolute atomic E-state index is 12.1. The number of aromatic nitrogens is 4. The van der Waals surface area contributed by atoms with Crippen LogP contribution in [0.3, 0.4) is 0 Å². The van der Waals surface area contributed by atoms with Crippen molar-refractivity contribution in [2.45, 2.75) is 0 Å². The van der Waals surface area contributed by atoms with E-state index in [1.807, 2.05) is 30.3 Å². The number of hydrogen-bond acceptors (Lipinski definition) is 4. The SMILES string of the molecule is O=C(Nc1ccc(Br)nc1)c1cnn(-c2ccccc2)n1. The van der Waals surface area contributed by atoms with Gasteiger partial charge in [0, 0.05) is 0 Å². The van der Waals surface area contributed by atoms with Gasteiger partial charge in [-0.3, -0.25) is 4.79 Å². The Morgan fingerprint density at radius 2 is 1.90 bits per heavy atom. The van der Waals surface area contributed by atoms with Gasteiger partial charge in [-0.15, -0.1) is 5.10 Å². The van der Waals surface area contributed by atoms with Gasteiger partial charge in [-0.1, -0.05) is 18.2 Å². The van der Waals surface area contributed by atoms with Gasteiger partial charge in [0.15, 0.2) is 5.69 Å². The van der Waals surface area contributed by atoms with E-state index in [0.717, 1.165) is 5.69 Å². The Morgan fingerprint density at radius 1 is 1.10 bits per heavy atom. The topological polar surface area (TPSA) is 72.7 Å². The molecule has 7 heteroatoms. The number of carbonyl (C=O) groups is 1. The fourth-order valence-corrected chi connectivity index (χ4v) is 1.93. The molecule has 1 amide bonds. The Bertz CT molecular complexity index is 755. The predicted molar refractivity (Wildman–Crippen MR) is 81.2 cm³/mol. The summed E-state index contributed by atoms with van der Waals surface area (Å²) in [5.41, 5.74) is 1.63. The number of para-hydroxylation sites is 1. The molecule has 0 unspecified atom stereocenters. The van der Waals surface area contributed by atoms with Crippen LogP contribution in [0.25, 0.3) is 5.69 Å². The highest BCUT2D eigenvalue weighted by atomic mass is 79.9. The molecule has 0 aliphatic heterocycles. The molecule has 0 saturated carbocycles. The summed E-state index contributed by atoms with van der Waals surface area (Å²) in [6, 6.07) is 12.9. The molecule has 3 aromatic rings. The van der Waals surface area contributed by atoms with Crippen molar-refractivity contribution in [2.75, 3.05) is 5.32 Å². The fourth-order valence-electron chi connectivity index (χ4n) is 1.70. The number of halogens is 1. The number of nitrogens with one attached hydrogen (secondary N) is 1. The molecule has 3 rings (SSSR count). The molecule has 0 fully saturated rings. The number of carbonyl (C=O) groups excluding carboxylic acids is 1. The molecule has 0 atom stereocenters. The largest absolute Gasteiger partial charge is 0.319 e. The minimum Gasteiger partial charge on any atom is -0.319 e. The molecule has 1 aromatic carbocycles. The average Bonchev–Trinajstić information content (AvgIpc) is 3.00. The molecule has 0 radical (unpaired) electrons. The summed E-state index contributed by atoms with van der Waals surface area (Å²) in [5, 5.41) is 11.0. The molecule has 0 saturated heterocycles. The van der Waals surface area contributed by atoms with Gasteiger partial charge in [0.05, 0.1) is 23.8 Å². The molecule has 21 heavy (non-hydrogen) atoms. The number of pyridine rings is 1. The summed E-state index contributed by atoms with van der Waals surface area (Å²) < 4.78 is 0.704. The van der Waals surface area contributed by atoms with Gasteiger partial charge in [0.2, 0.25) is 0 Å². The highest BCUT2D eigenvalue weighted by Crippen LogP contribution is 2.11. The average molecular weight is 344 g/mol. The molecule has 1 N–H and O–H groups in total. The van der Waals surface area contributed by atoms with E-state index < -0.39 is 0 Å². The third kappa shape index (κ3) is 3.14. The van der Waals surface area contributed by atoms with E-state index in [4.69, 9.17) is 0 Å². The third-order valence-electron chi connectivity index (χ3n) is 2.70. The number of amides is 1. The molecule has 2 heterocycles. The zero-order valence-electron chi connectivity index (χ0n) is 10.8. The van der Waals surface area contributed by atoms with Crippen molar-refractivity contribution in [2.24, 2.45) is 0 Å². The van der Waals surface area contributed by atoms with Crippen LogP contribution in [0.5, 0.6) is 0 Å². The number of rotatable bonds is 3. The summed E-state index contributed by atoms with van der Waals surface area (Å²) in [7, 11) is 0. The van der Waals surface area contributed by atoms with E-state index in [-0.39, 0.29) is 11.6 Å². The van der Waals surface area contributed by atoms with Gasteiger partial charge in [0.25, 0.3) is 5.91 Å². The molecule has 0 aliphatic rings. The lowest BCUT2D eigenvalue weighted by Gasteiger charge is -2.02. The van der Waals surface area contributed by atoms with E-state index in [0.29, 0.717) is 10.3 Å². The zero-order chi connectivity index (χ0) is 14.7. The number of anilines is 1. The van der Waals surface area contributed by atoms with Crippen LogP contribution in [0.4, 0.5) is 5.69 Å². The lowest BCUT2D eigenvalue weighted by molar-refractivity contribution is 0.102. The third-order valence-corrected chi connectivity index (χ3v) is 3.17. The second-order valence-corrected chi connectivity index (χ2v) is 4.99. The first kappa shape index (κ1) is 13.4. The second kappa shape index (κ2) is 5.84. The van der Waals surface area contributed by atoms with Crippen molar-refractivity contribution in [3.05, 3.63) is 65.2 Å². The minimum absolute atomic E-state index is 0.238. The molecule has 0 bridgehead atoms. The van der Waals surface area contributed by atoms with Crippen LogP contribution in [0.15, 0.2) is 59.5 Å². The maximum atomic E-state index is 12.1. The lowest BCUT2D eigenvalue weighted by Crippen LogP contribution is -2.13. The summed E-state index contributed by atoms with van der Waals surface area (Å²) in [5.74, 6) is -0.332. The van der Waals surface area contributed by atoms with Gasteiger partial charge in [-0.05, 0) is 40.2 Å². The minimum atomic E-state index is -0.332. The fraction of sp³-hybridized carbons (Fsp3) is 0. The normalized spacial score (nSPS) is 10.3. The summed E-state index contributed by atoms with van der Waals surface area (Å²) in [6.07, 6.45) is 2.98. The molecule has 6 nitrogen and oxygen atoms in total. The molecular formula is C14H10BrN5O. The highest BCUT2D eigenvalue weighted by molar-refractivity contribution is 9.10. The highest BCUT2D eigenvalue weighted by Gasteiger charge is 2.11. The second-order valence-electron chi connectivity index (χ2n) is 4.18. The van der Waals surface area contributed by atoms with Gasteiger partial charge >= 0.3 is 0 Å². The smallest absolute Gasteiger partial charge is 0.277 e. The quantitative estimate of drug-likeness (QED) is 0.742. The van der Waals surface area contributed by atoms with Crippen LogP contribution < -0.4 is 5.32 Å². The van der Waals surface area contributed by atoms with Crippen LogP contribution in [-0.2, 0) is 0 Å². The Kier molecular flexibility index (Phi) is 3.74. The van der Waals surface area contributed by atoms with Gasteiger partial charge in [-0.25, -0.2) is 4.98 Å². The molecule has 104 valence electrons. The first-order chi connectivity index (χ1) is 10.2. The molecular weight excluding hydrogens is 334 g/mol. The summed E-state index contributed by atoms with van der Waals surface area (Å²) in [4.78, 5) is 17.5. The van der Waals surface area contributed by atoms with Crippen molar-refractivity contribution in [3.8, 4) is 5.69 Å². The van der Waals surface area contributed by atoms with Crippen molar-refractivity contribution in [1.82, 2.24) is 20.0 Å². The Morgan fingerprint density at radius 3 is 2.62 bits per heavy atom. The van der Waals surface area contributed by atoms with Crippen LogP contribution in [0.2, 0.25) is 0 Å². The summed E-state index contributed by atoms with van der Waals surface area (Å²) in [6.45, 7) is 0. The number of nitrogens with zero attached hydrogens (tertiary/aromatic N) is 4. The molecule has 2 aromatic heterocycles. The maximum Gasteiger partial charge on any atom is 0.277 e. The molecule has 0 spiro atoms. The first-order valence-electron chi connectivity index (χ1n) is 6.13. The van der Waals surface area contributed by atoms with Gasteiger partial charge in [-0.2, -0.15) is 9.90 Å². The Balaban J connectivity index is 1.77. The van der Waals surface area contributed by atoms with Crippen LogP contribution >= 0.6 is 15.9 Å². The monoisotopic (exact) mass is 343 g/mol. The van der Waals surface area contributed by atoms with Crippen LogP contribution in [0.1, 0.15) is 10.5 Å². The van der Waals surface area contributed by atoms with E-state index in [2.05, 4.69) is 36.4 Å². The van der Waals surface area contributed by atoms with Gasteiger partial charge < -0.3 is 5.32 Å². The van der Waals surface area contributed by atoms with E-state index in [1.165, 1.54) is 11.0 Å². The molecule has 0 aliphatic carbocycles. The Labute approximate surface area is 129 Å². The van der Waals surface area contributed by atoms with E-state index in [9.17, 15) is 4.79 Å². The number of benzene rings is 1. The Hall–Kier alpha value is -2.54. The van der Waals surface area contributed by atoms with Crippen LogP contribution in [-0.4, -0.2) is 25.9 Å². The van der Waals surface area contributed by atoms with Crippen molar-refractivity contribution < 1.29 is 4.79 Å². The van der Waals surface area contributed by atoms with Crippen molar-refractivity contribution in [3.63, 3.8) is 0 Å². The lowest BCUT2D eigenvalue weighted by atomic mass is 10.3. The van der Waals surface area contributed by atoms with E-state index in [1.54, 1.807) is 18.3 Å². The summed E-state index contributed by atoms with van der Waals surface area (Å²) >= 11 is 3.24. The standard InChI is InChI=1S/C14H10BrN5O/c15-13-7-6-10(8-16-13)18-14(21)12-9-17-20(19-12)11-4-2-1-3-5-11/h1-9H,(H,18,21). The zero-order valence-corrected chi connectivity index (χ0v) is 12.4. The van der Waals surface area contributed by atoms with Crippen LogP contribution in [0, 0.1) is 0 Å². The predicted octanol–water partition coefficient (Wildman–Crippen LogP) is 2.68.